The van der Waals surface area contributed by atoms with Crippen LogP contribution in [0, 0.1) is 11.9 Å². The monoisotopic (exact) mass is 431 g/mol. The highest BCUT2D eigenvalue weighted by Crippen LogP contribution is 2.52. The van der Waals surface area contributed by atoms with Gasteiger partial charge in [-0.15, -0.1) is 0 Å². The summed E-state index contributed by atoms with van der Waals surface area (Å²) < 4.78 is 40.2. The Bertz CT molecular complexity index is 1140. The summed E-state index contributed by atoms with van der Waals surface area (Å²) in [6.45, 7) is 8.85. The molecule has 0 aliphatic carbocycles. The van der Waals surface area contributed by atoms with Crippen LogP contribution in [0.4, 0.5) is 8.78 Å². The molecule has 3 rings (SSSR count). The molecular formula is C22H24F2N3O2P. The molecule has 1 atom stereocenters. The number of rotatable bonds is 4. The molecule has 30 heavy (non-hydrogen) atoms. The lowest BCUT2D eigenvalue weighted by Crippen LogP contribution is -2.29. The number of halogens is 2. The molecule has 0 aliphatic rings. The third kappa shape index (κ3) is 4.05. The fourth-order valence-corrected chi connectivity index (χ4v) is 4.17. The normalized spacial score (nSPS) is 14.4. The molecule has 0 aliphatic heterocycles. The zero-order valence-electron chi connectivity index (χ0n) is 17.5. The summed E-state index contributed by atoms with van der Waals surface area (Å²) in [5.74, 6) is -1.84. The number of hydrogen-bond acceptors (Lipinski definition) is 4. The lowest BCUT2D eigenvalue weighted by Gasteiger charge is -2.28. The maximum absolute atomic E-state index is 14.1. The third-order valence-electron chi connectivity index (χ3n) is 5.07. The smallest absolute Gasteiger partial charge is 0.252 e. The zero-order chi connectivity index (χ0) is 22.3. The van der Waals surface area contributed by atoms with Gasteiger partial charge in [0.25, 0.3) is 7.37 Å². The summed E-state index contributed by atoms with van der Waals surface area (Å²) in [6.07, 6.45) is 0. The number of nitrogens with zero attached hydrogens (tertiary/aromatic N) is 3. The second kappa shape index (κ2) is 7.64. The molecule has 5 nitrogen and oxygen atoms in total. The lowest BCUT2D eigenvalue weighted by atomic mass is 9.84. The van der Waals surface area contributed by atoms with Crippen LogP contribution in [0.3, 0.4) is 0 Å². The van der Waals surface area contributed by atoms with Crippen molar-refractivity contribution >= 4 is 12.8 Å². The highest BCUT2D eigenvalue weighted by Gasteiger charge is 2.38. The van der Waals surface area contributed by atoms with Crippen LogP contribution < -0.4 is 5.44 Å². The van der Waals surface area contributed by atoms with Crippen molar-refractivity contribution in [1.29, 1.82) is 0 Å². The largest absolute Gasteiger partial charge is 0.340 e. The number of aromatic nitrogens is 3. The minimum absolute atomic E-state index is 0.0864. The van der Waals surface area contributed by atoms with Crippen LogP contribution in [-0.4, -0.2) is 25.0 Å². The third-order valence-corrected chi connectivity index (χ3v) is 7.76. The standard InChI is InChI=1S/C22H24F2N3O2P/c1-21(2,3)30(28,29)19-11-7-10-17(26-19)22(4,5)16-9-6-8-15(25-16)14-12-13-18(23)27-20(14)24/h6-13H,1-5H3,(H,28,29). The molecule has 0 spiro atoms. The zero-order valence-corrected chi connectivity index (χ0v) is 18.4. The van der Waals surface area contributed by atoms with Crippen molar-refractivity contribution in [2.45, 2.75) is 45.2 Å². The average molecular weight is 431 g/mol. The first-order valence-electron chi connectivity index (χ1n) is 9.45. The quantitative estimate of drug-likeness (QED) is 0.473. The molecule has 0 radical (unpaired) electrons. The lowest BCUT2D eigenvalue weighted by molar-refractivity contribution is 0.456. The Labute approximate surface area is 174 Å². The van der Waals surface area contributed by atoms with Crippen LogP contribution in [0.2, 0.25) is 0 Å². The fourth-order valence-electron chi connectivity index (χ4n) is 2.95. The molecule has 0 bridgehead atoms. The predicted molar refractivity (Wildman–Crippen MR) is 113 cm³/mol. The molecule has 3 aromatic heterocycles. The Morgan fingerprint density at radius 1 is 0.833 bits per heavy atom. The van der Waals surface area contributed by atoms with Gasteiger partial charge in [-0.05, 0) is 50.2 Å². The van der Waals surface area contributed by atoms with Crippen LogP contribution >= 0.6 is 7.37 Å². The average Bonchev–Trinajstić information content (AvgIpc) is 2.67. The number of pyridine rings is 3. The maximum atomic E-state index is 14.1. The van der Waals surface area contributed by atoms with Gasteiger partial charge >= 0.3 is 0 Å². The van der Waals surface area contributed by atoms with Gasteiger partial charge in [0.05, 0.1) is 22.6 Å². The van der Waals surface area contributed by atoms with Crippen LogP contribution in [0.15, 0.2) is 48.5 Å². The van der Waals surface area contributed by atoms with E-state index in [1.54, 1.807) is 57.2 Å². The van der Waals surface area contributed by atoms with E-state index in [4.69, 9.17) is 0 Å². The first-order chi connectivity index (χ1) is 13.8. The SMILES string of the molecule is CC(C)(c1cccc(-c2ccc(F)nc2F)n1)c1cccc(P(=O)(O)C(C)(C)C)n1. The van der Waals surface area contributed by atoms with E-state index in [1.165, 1.54) is 6.07 Å². The van der Waals surface area contributed by atoms with Crippen LogP contribution in [0.25, 0.3) is 11.3 Å². The Kier molecular flexibility index (Phi) is 5.65. The van der Waals surface area contributed by atoms with Crippen molar-refractivity contribution in [3.63, 3.8) is 0 Å². The summed E-state index contributed by atoms with van der Waals surface area (Å²) in [6, 6.07) is 12.5. The van der Waals surface area contributed by atoms with Gasteiger partial charge in [-0.3, -0.25) is 9.55 Å². The van der Waals surface area contributed by atoms with Crippen molar-refractivity contribution in [3.05, 3.63) is 71.8 Å². The topological polar surface area (TPSA) is 76.0 Å². The molecule has 8 heteroatoms. The second-order valence-corrected chi connectivity index (χ2v) is 11.6. The highest BCUT2D eigenvalue weighted by molar-refractivity contribution is 7.67. The first kappa shape index (κ1) is 22.2. The molecule has 1 unspecified atom stereocenters. The highest BCUT2D eigenvalue weighted by atomic mass is 31.2. The summed E-state index contributed by atoms with van der Waals surface area (Å²) in [5, 5.41) is -0.853. The molecule has 158 valence electrons. The van der Waals surface area contributed by atoms with Crippen LogP contribution in [-0.2, 0) is 9.98 Å². The molecule has 3 heterocycles. The van der Waals surface area contributed by atoms with Gasteiger partial charge in [0.1, 0.15) is 5.44 Å². The van der Waals surface area contributed by atoms with Gasteiger partial charge in [0.15, 0.2) is 0 Å². The Morgan fingerprint density at radius 3 is 2.03 bits per heavy atom. The van der Waals surface area contributed by atoms with E-state index >= 15 is 0 Å². The molecule has 0 amide bonds. The molecule has 0 saturated heterocycles. The van der Waals surface area contributed by atoms with Crippen molar-refractivity contribution < 1.29 is 18.2 Å². The predicted octanol–water partition coefficient (Wildman–Crippen LogP) is 4.84. The van der Waals surface area contributed by atoms with Crippen LogP contribution in [0.5, 0.6) is 0 Å². The van der Waals surface area contributed by atoms with E-state index < -0.39 is 29.8 Å². The van der Waals surface area contributed by atoms with Gasteiger partial charge in [-0.25, -0.2) is 4.98 Å². The van der Waals surface area contributed by atoms with Gasteiger partial charge in [0.2, 0.25) is 11.9 Å². The van der Waals surface area contributed by atoms with E-state index in [0.29, 0.717) is 17.1 Å². The van der Waals surface area contributed by atoms with Crippen molar-refractivity contribution in [3.8, 4) is 11.3 Å². The summed E-state index contributed by atoms with van der Waals surface area (Å²) >= 11 is 0. The maximum Gasteiger partial charge on any atom is 0.252 e. The van der Waals surface area contributed by atoms with E-state index in [-0.39, 0.29) is 11.0 Å². The van der Waals surface area contributed by atoms with Gasteiger partial charge in [0, 0.05) is 10.6 Å². The molecule has 3 aromatic rings. The Morgan fingerprint density at radius 2 is 1.43 bits per heavy atom. The molecule has 0 aromatic carbocycles. The summed E-state index contributed by atoms with van der Waals surface area (Å²) in [7, 11) is -3.71. The van der Waals surface area contributed by atoms with Gasteiger partial charge in [-0.1, -0.05) is 32.9 Å². The van der Waals surface area contributed by atoms with Gasteiger partial charge in [-0.2, -0.15) is 13.8 Å². The minimum atomic E-state index is -3.71. The molecule has 0 saturated carbocycles. The van der Waals surface area contributed by atoms with E-state index in [1.807, 2.05) is 13.8 Å². The molecule has 1 N–H and O–H groups in total. The first-order valence-corrected chi connectivity index (χ1v) is 11.1. The van der Waals surface area contributed by atoms with Gasteiger partial charge < -0.3 is 4.89 Å². The van der Waals surface area contributed by atoms with Crippen molar-refractivity contribution in [2.24, 2.45) is 0 Å². The minimum Gasteiger partial charge on any atom is -0.340 e. The summed E-state index contributed by atoms with van der Waals surface area (Å²) in [5.41, 5.74) is 0.921. The number of hydrogen-bond donors (Lipinski definition) is 1. The van der Waals surface area contributed by atoms with E-state index in [9.17, 15) is 18.2 Å². The van der Waals surface area contributed by atoms with Crippen molar-refractivity contribution in [1.82, 2.24) is 15.0 Å². The van der Waals surface area contributed by atoms with Crippen molar-refractivity contribution in [2.75, 3.05) is 0 Å². The van der Waals surface area contributed by atoms with Crippen LogP contribution in [0.1, 0.15) is 46.0 Å². The Hall–Kier alpha value is -2.50. The second-order valence-electron chi connectivity index (χ2n) is 8.63. The molecule has 0 fully saturated rings. The van der Waals surface area contributed by atoms with E-state index in [0.717, 1.165) is 6.07 Å². The Balaban J connectivity index is 2.07. The fraction of sp³-hybridized carbons (Fsp3) is 0.318. The summed E-state index contributed by atoms with van der Waals surface area (Å²) in [4.78, 5) is 22.9. The molecular weight excluding hydrogens is 407 g/mol. The van der Waals surface area contributed by atoms with E-state index in [2.05, 4.69) is 15.0 Å².